The lowest BCUT2D eigenvalue weighted by molar-refractivity contribution is -0.0735. The third-order valence-corrected chi connectivity index (χ3v) is 4.96. The summed E-state index contributed by atoms with van der Waals surface area (Å²) < 4.78 is 72.2. The van der Waals surface area contributed by atoms with E-state index in [2.05, 4.69) is 4.90 Å². The molecule has 0 amide bonds. The SMILES string of the molecule is CN1C(C)(C)CC(OC(=O)c2c(F)c(F)c(F)c(F)c2F)CC1(C)C. The van der Waals surface area contributed by atoms with Crippen molar-refractivity contribution in [2.75, 3.05) is 7.05 Å². The molecule has 1 aliphatic heterocycles. The lowest BCUT2D eigenvalue weighted by Gasteiger charge is -2.53. The van der Waals surface area contributed by atoms with E-state index in [1.165, 1.54) is 0 Å². The number of rotatable bonds is 2. The Bertz CT molecular complexity index is 670. The molecule has 0 aromatic heterocycles. The zero-order valence-electron chi connectivity index (χ0n) is 14.6. The fourth-order valence-corrected chi connectivity index (χ4v) is 3.36. The maximum absolute atomic E-state index is 13.7. The summed E-state index contributed by atoms with van der Waals surface area (Å²) in [5.41, 5.74) is -2.34. The third kappa shape index (κ3) is 3.36. The van der Waals surface area contributed by atoms with E-state index in [1.807, 2.05) is 34.7 Å². The number of likely N-dealkylation sites (tertiary alicyclic amines) is 1. The molecule has 0 radical (unpaired) electrons. The van der Waals surface area contributed by atoms with E-state index in [1.54, 1.807) is 0 Å². The van der Waals surface area contributed by atoms with Crippen molar-refractivity contribution in [3.05, 3.63) is 34.6 Å². The highest BCUT2D eigenvalue weighted by Crippen LogP contribution is 2.38. The van der Waals surface area contributed by atoms with E-state index >= 15 is 0 Å². The molecule has 0 N–H and O–H groups in total. The predicted octanol–water partition coefficient (Wildman–Crippen LogP) is 4.19. The van der Waals surface area contributed by atoms with E-state index in [4.69, 9.17) is 4.74 Å². The Balaban J connectivity index is 2.33. The summed E-state index contributed by atoms with van der Waals surface area (Å²) in [6.07, 6.45) is -0.00837. The standard InChI is InChI=1S/C17H20F5NO2/c1-16(2)6-8(7-17(3,4)23(16)5)25-15(24)9-10(18)12(20)14(22)13(21)11(9)19/h8H,6-7H2,1-5H3. The number of benzene rings is 1. The van der Waals surface area contributed by atoms with Gasteiger partial charge < -0.3 is 4.74 Å². The van der Waals surface area contributed by atoms with Crippen molar-refractivity contribution in [3.63, 3.8) is 0 Å². The number of carbonyl (C=O) groups excluding carboxylic acids is 1. The maximum atomic E-state index is 13.7. The molecule has 0 spiro atoms. The molecule has 8 heteroatoms. The summed E-state index contributed by atoms with van der Waals surface area (Å²) in [4.78, 5) is 14.2. The fraction of sp³-hybridized carbons (Fsp3) is 0.588. The molecular weight excluding hydrogens is 345 g/mol. The van der Waals surface area contributed by atoms with Gasteiger partial charge in [-0.2, -0.15) is 0 Å². The van der Waals surface area contributed by atoms with Crippen LogP contribution < -0.4 is 0 Å². The number of carbonyl (C=O) groups is 1. The van der Waals surface area contributed by atoms with Crippen molar-refractivity contribution in [1.29, 1.82) is 0 Å². The van der Waals surface area contributed by atoms with Crippen molar-refractivity contribution in [2.24, 2.45) is 0 Å². The Morgan fingerprint density at radius 2 is 1.24 bits per heavy atom. The van der Waals surface area contributed by atoms with Crippen LogP contribution in [-0.2, 0) is 4.74 Å². The molecule has 2 rings (SSSR count). The lowest BCUT2D eigenvalue weighted by Crippen LogP contribution is -2.60. The number of nitrogens with zero attached hydrogens (tertiary/aromatic N) is 1. The third-order valence-electron chi connectivity index (χ3n) is 4.96. The molecule has 1 aromatic rings. The van der Waals surface area contributed by atoms with Gasteiger partial charge in [0.2, 0.25) is 5.82 Å². The van der Waals surface area contributed by atoms with Gasteiger partial charge in [-0.05, 0) is 34.7 Å². The first-order valence-electron chi connectivity index (χ1n) is 7.76. The van der Waals surface area contributed by atoms with E-state index in [9.17, 15) is 26.7 Å². The molecule has 0 bridgehead atoms. The Labute approximate surface area is 142 Å². The topological polar surface area (TPSA) is 29.5 Å². The van der Waals surface area contributed by atoms with Gasteiger partial charge in [0.15, 0.2) is 23.3 Å². The first-order valence-corrected chi connectivity index (χ1v) is 7.76. The van der Waals surface area contributed by atoms with Crippen LogP contribution in [-0.4, -0.2) is 35.1 Å². The number of halogens is 5. The molecule has 0 atom stereocenters. The van der Waals surface area contributed by atoms with Crippen molar-refractivity contribution in [2.45, 2.75) is 57.7 Å². The first kappa shape index (κ1) is 19.6. The van der Waals surface area contributed by atoms with Crippen LogP contribution in [0.5, 0.6) is 0 Å². The molecule has 1 fully saturated rings. The number of piperidine rings is 1. The summed E-state index contributed by atoms with van der Waals surface area (Å²) in [6, 6.07) is 0. The molecule has 3 nitrogen and oxygen atoms in total. The number of ether oxygens (including phenoxy) is 1. The average Bonchev–Trinajstić information content (AvgIpc) is 2.48. The largest absolute Gasteiger partial charge is 0.458 e. The molecule has 25 heavy (non-hydrogen) atoms. The number of esters is 1. The van der Waals surface area contributed by atoms with Crippen LogP contribution in [0, 0.1) is 29.1 Å². The van der Waals surface area contributed by atoms with E-state index in [0.29, 0.717) is 12.8 Å². The van der Waals surface area contributed by atoms with Gasteiger partial charge in [0.1, 0.15) is 11.7 Å². The lowest BCUT2D eigenvalue weighted by atomic mass is 9.79. The molecule has 1 saturated heterocycles. The fourth-order valence-electron chi connectivity index (χ4n) is 3.36. The highest BCUT2D eigenvalue weighted by atomic mass is 19.2. The predicted molar refractivity (Wildman–Crippen MR) is 80.6 cm³/mol. The van der Waals surface area contributed by atoms with Gasteiger partial charge in [0, 0.05) is 23.9 Å². The van der Waals surface area contributed by atoms with E-state index in [0.717, 1.165) is 0 Å². The molecular formula is C17H20F5NO2. The molecule has 0 unspecified atom stereocenters. The Hall–Kier alpha value is -1.70. The Morgan fingerprint density at radius 3 is 1.64 bits per heavy atom. The Kier molecular flexibility index (Phi) is 4.89. The zero-order valence-corrected chi connectivity index (χ0v) is 14.6. The van der Waals surface area contributed by atoms with Crippen LogP contribution in [0.2, 0.25) is 0 Å². The van der Waals surface area contributed by atoms with Gasteiger partial charge in [-0.1, -0.05) is 0 Å². The van der Waals surface area contributed by atoms with Crippen LogP contribution in [0.4, 0.5) is 22.0 Å². The van der Waals surface area contributed by atoms with Gasteiger partial charge in [0.25, 0.3) is 0 Å². The molecule has 140 valence electrons. The minimum absolute atomic E-state index is 0.355. The minimum Gasteiger partial charge on any atom is -0.458 e. The van der Waals surface area contributed by atoms with Crippen molar-refractivity contribution >= 4 is 5.97 Å². The van der Waals surface area contributed by atoms with Crippen molar-refractivity contribution in [3.8, 4) is 0 Å². The van der Waals surface area contributed by atoms with Gasteiger partial charge in [-0.15, -0.1) is 0 Å². The average molecular weight is 365 g/mol. The van der Waals surface area contributed by atoms with Gasteiger partial charge in [0.05, 0.1) is 0 Å². The second-order valence-corrected chi connectivity index (χ2v) is 7.56. The second-order valence-electron chi connectivity index (χ2n) is 7.56. The molecule has 0 saturated carbocycles. The van der Waals surface area contributed by atoms with E-state index < -0.39 is 46.7 Å². The summed E-state index contributed by atoms with van der Waals surface area (Å²) in [5, 5.41) is 0. The van der Waals surface area contributed by atoms with Crippen LogP contribution in [0.3, 0.4) is 0 Å². The van der Waals surface area contributed by atoms with Crippen LogP contribution in [0.15, 0.2) is 0 Å². The first-order chi connectivity index (χ1) is 11.3. The highest BCUT2D eigenvalue weighted by molar-refractivity contribution is 5.90. The second kappa shape index (κ2) is 6.23. The summed E-state index contributed by atoms with van der Waals surface area (Å²) in [5.74, 6) is -12.6. The molecule has 1 aromatic carbocycles. The van der Waals surface area contributed by atoms with Crippen LogP contribution in [0.25, 0.3) is 0 Å². The molecule has 0 aliphatic carbocycles. The summed E-state index contributed by atoms with van der Waals surface area (Å²) in [6.45, 7) is 7.64. The van der Waals surface area contributed by atoms with Crippen molar-refractivity contribution in [1.82, 2.24) is 4.90 Å². The van der Waals surface area contributed by atoms with Crippen LogP contribution >= 0.6 is 0 Å². The minimum atomic E-state index is -2.31. The van der Waals surface area contributed by atoms with Crippen molar-refractivity contribution < 1.29 is 31.5 Å². The molecule has 1 aliphatic rings. The summed E-state index contributed by atoms with van der Waals surface area (Å²) in [7, 11) is 1.90. The van der Waals surface area contributed by atoms with Gasteiger partial charge >= 0.3 is 5.97 Å². The van der Waals surface area contributed by atoms with Crippen LogP contribution in [0.1, 0.15) is 50.9 Å². The smallest absolute Gasteiger partial charge is 0.344 e. The van der Waals surface area contributed by atoms with Gasteiger partial charge in [-0.25, -0.2) is 26.7 Å². The highest BCUT2D eigenvalue weighted by Gasteiger charge is 2.45. The molecule has 1 heterocycles. The quantitative estimate of drug-likeness (QED) is 0.341. The monoisotopic (exact) mass is 365 g/mol. The summed E-state index contributed by atoms with van der Waals surface area (Å²) >= 11 is 0. The van der Waals surface area contributed by atoms with Gasteiger partial charge in [-0.3, -0.25) is 4.90 Å². The normalized spacial score (nSPS) is 20.6. The number of hydrogen-bond acceptors (Lipinski definition) is 3. The zero-order chi connectivity index (χ0) is 19.3. The Morgan fingerprint density at radius 1 is 0.880 bits per heavy atom. The maximum Gasteiger partial charge on any atom is 0.344 e. The van der Waals surface area contributed by atoms with E-state index in [-0.39, 0.29) is 11.1 Å². The number of hydrogen-bond donors (Lipinski definition) is 0.